The molecule has 8 heteroatoms. The molecule has 1 atom stereocenters. The smallest absolute Gasteiger partial charge is 0.224 e. The van der Waals surface area contributed by atoms with Crippen LogP contribution in [0.4, 0.5) is 5.82 Å². The number of aromatic nitrogens is 4. The van der Waals surface area contributed by atoms with E-state index < -0.39 is 0 Å². The van der Waals surface area contributed by atoms with Crippen molar-refractivity contribution in [3.8, 4) is 0 Å². The molecule has 8 nitrogen and oxygen atoms in total. The van der Waals surface area contributed by atoms with Crippen LogP contribution in [-0.2, 0) is 16.1 Å². The minimum Gasteiger partial charge on any atom is -0.384 e. The van der Waals surface area contributed by atoms with Gasteiger partial charge in [0.15, 0.2) is 11.5 Å². The summed E-state index contributed by atoms with van der Waals surface area (Å²) in [5, 5.41) is 11.6. The molecule has 146 valence electrons. The molecule has 3 aromatic rings. The highest BCUT2D eigenvalue weighted by atomic mass is 16.5. The highest BCUT2D eigenvalue weighted by Gasteiger charge is 2.28. The summed E-state index contributed by atoms with van der Waals surface area (Å²) in [6.45, 7) is 2.54. The number of hydrogen-bond acceptors (Lipinski definition) is 6. The van der Waals surface area contributed by atoms with Crippen LogP contribution in [0.25, 0.3) is 11.0 Å². The Morgan fingerprint density at radius 2 is 2.29 bits per heavy atom. The minimum atomic E-state index is 0.146. The number of anilines is 1. The normalized spacial score (nSPS) is 16.6. The molecule has 0 aliphatic carbocycles. The highest BCUT2D eigenvalue weighted by molar-refractivity contribution is 5.87. The molecule has 0 radical (unpaired) electrons. The highest BCUT2D eigenvalue weighted by Crippen LogP contribution is 2.29. The number of pyridine rings is 2. The van der Waals surface area contributed by atoms with E-state index in [-0.39, 0.29) is 11.8 Å². The first-order chi connectivity index (χ1) is 13.7. The fourth-order valence-electron chi connectivity index (χ4n) is 3.53. The Labute approximate surface area is 163 Å². The predicted molar refractivity (Wildman–Crippen MR) is 106 cm³/mol. The Bertz CT molecular complexity index is 942. The summed E-state index contributed by atoms with van der Waals surface area (Å²) in [4.78, 5) is 23.1. The van der Waals surface area contributed by atoms with Gasteiger partial charge < -0.3 is 15.0 Å². The average Bonchev–Trinajstić information content (AvgIpc) is 3.38. The van der Waals surface area contributed by atoms with Gasteiger partial charge in [0.05, 0.1) is 30.7 Å². The molecule has 1 saturated heterocycles. The summed E-state index contributed by atoms with van der Waals surface area (Å²) in [6, 6.07) is 9.91. The van der Waals surface area contributed by atoms with E-state index in [9.17, 15) is 4.79 Å². The van der Waals surface area contributed by atoms with Crippen LogP contribution in [0.5, 0.6) is 0 Å². The van der Waals surface area contributed by atoms with Gasteiger partial charge in [0.2, 0.25) is 5.91 Å². The van der Waals surface area contributed by atoms with Crippen molar-refractivity contribution in [3.05, 3.63) is 47.9 Å². The summed E-state index contributed by atoms with van der Waals surface area (Å²) >= 11 is 0. The zero-order chi connectivity index (χ0) is 19.3. The van der Waals surface area contributed by atoms with E-state index in [0.29, 0.717) is 26.1 Å². The first kappa shape index (κ1) is 18.4. The van der Waals surface area contributed by atoms with Crippen LogP contribution in [0.3, 0.4) is 0 Å². The number of likely N-dealkylation sites (tertiary alicyclic amines) is 1. The molecule has 0 aromatic carbocycles. The van der Waals surface area contributed by atoms with Crippen LogP contribution in [-0.4, -0.2) is 57.8 Å². The SMILES string of the molecule is COCCC(=O)N1CCC(c2ccc3c(NCc4ccccn4)n[nH]c3n2)C1. The molecule has 1 amide bonds. The number of H-pyrrole nitrogens is 1. The van der Waals surface area contributed by atoms with Crippen LogP contribution in [0.1, 0.15) is 30.1 Å². The number of carbonyl (C=O) groups is 1. The molecule has 1 unspecified atom stereocenters. The van der Waals surface area contributed by atoms with Crippen LogP contribution < -0.4 is 5.32 Å². The largest absolute Gasteiger partial charge is 0.384 e. The molecule has 0 spiro atoms. The lowest BCUT2D eigenvalue weighted by Crippen LogP contribution is -2.29. The maximum atomic E-state index is 12.2. The zero-order valence-corrected chi connectivity index (χ0v) is 15.9. The zero-order valence-electron chi connectivity index (χ0n) is 15.9. The quantitative estimate of drug-likeness (QED) is 0.653. The van der Waals surface area contributed by atoms with Crippen molar-refractivity contribution in [1.29, 1.82) is 0 Å². The van der Waals surface area contributed by atoms with Gasteiger partial charge in [-0.25, -0.2) is 4.98 Å². The Kier molecular flexibility index (Phi) is 5.48. The summed E-state index contributed by atoms with van der Waals surface area (Å²) in [7, 11) is 1.61. The second-order valence-corrected chi connectivity index (χ2v) is 6.95. The van der Waals surface area contributed by atoms with Crippen molar-refractivity contribution in [2.24, 2.45) is 0 Å². The molecule has 1 aliphatic heterocycles. The molecule has 2 N–H and O–H groups in total. The first-order valence-corrected chi connectivity index (χ1v) is 9.50. The van der Waals surface area contributed by atoms with Gasteiger partial charge in [0, 0.05) is 38.0 Å². The maximum absolute atomic E-state index is 12.2. The molecular weight excluding hydrogens is 356 g/mol. The Morgan fingerprint density at radius 3 is 3.11 bits per heavy atom. The number of ether oxygens (including phenoxy) is 1. The number of nitrogens with one attached hydrogen (secondary N) is 2. The summed E-state index contributed by atoms with van der Waals surface area (Å²) in [5.41, 5.74) is 2.70. The van der Waals surface area contributed by atoms with Crippen molar-refractivity contribution in [2.75, 3.05) is 32.1 Å². The van der Waals surface area contributed by atoms with Gasteiger partial charge in [-0.3, -0.25) is 14.9 Å². The Balaban J connectivity index is 1.42. The van der Waals surface area contributed by atoms with Gasteiger partial charge in [0.25, 0.3) is 0 Å². The van der Waals surface area contributed by atoms with E-state index in [4.69, 9.17) is 9.72 Å². The molecule has 0 saturated carbocycles. The van der Waals surface area contributed by atoms with E-state index >= 15 is 0 Å². The molecule has 3 aromatic heterocycles. The molecule has 4 rings (SSSR count). The lowest BCUT2D eigenvalue weighted by molar-refractivity contribution is -0.131. The molecule has 0 bridgehead atoms. The van der Waals surface area contributed by atoms with Crippen molar-refractivity contribution >= 4 is 22.8 Å². The van der Waals surface area contributed by atoms with Crippen LogP contribution in [0, 0.1) is 0 Å². The monoisotopic (exact) mass is 380 g/mol. The van der Waals surface area contributed by atoms with Crippen molar-refractivity contribution < 1.29 is 9.53 Å². The molecule has 1 fully saturated rings. The lowest BCUT2D eigenvalue weighted by atomic mass is 10.0. The molecule has 4 heterocycles. The predicted octanol–water partition coefficient (Wildman–Crippen LogP) is 2.32. The minimum absolute atomic E-state index is 0.146. The number of hydrogen-bond donors (Lipinski definition) is 2. The number of methoxy groups -OCH3 is 1. The number of aromatic amines is 1. The van der Waals surface area contributed by atoms with Gasteiger partial charge in [-0.05, 0) is 30.7 Å². The van der Waals surface area contributed by atoms with Gasteiger partial charge in [-0.15, -0.1) is 0 Å². The van der Waals surface area contributed by atoms with E-state index in [0.717, 1.165) is 41.2 Å². The number of fused-ring (bicyclic) bond motifs is 1. The molecule has 1 aliphatic rings. The third kappa shape index (κ3) is 3.96. The number of nitrogens with zero attached hydrogens (tertiary/aromatic N) is 4. The van der Waals surface area contributed by atoms with E-state index in [1.165, 1.54) is 0 Å². The fourth-order valence-corrected chi connectivity index (χ4v) is 3.53. The van der Waals surface area contributed by atoms with E-state index in [1.807, 2.05) is 35.2 Å². The second-order valence-electron chi connectivity index (χ2n) is 6.95. The number of rotatable bonds is 7. The standard InChI is InChI=1S/C20H24N6O2/c1-28-11-8-18(27)26-10-7-14(13-26)17-6-5-16-19(24-25-20(16)23-17)22-12-15-4-2-3-9-21-15/h2-6,9,14H,7-8,10-13H2,1H3,(H2,22,23,24,25). The number of carbonyl (C=O) groups excluding carboxylic acids is 1. The summed E-state index contributed by atoms with van der Waals surface area (Å²) in [5.74, 6) is 1.17. The van der Waals surface area contributed by atoms with E-state index in [1.54, 1.807) is 13.3 Å². The van der Waals surface area contributed by atoms with Gasteiger partial charge >= 0.3 is 0 Å². The average molecular weight is 380 g/mol. The number of amides is 1. The van der Waals surface area contributed by atoms with Gasteiger partial charge in [-0.2, -0.15) is 5.10 Å². The fraction of sp³-hybridized carbons (Fsp3) is 0.400. The van der Waals surface area contributed by atoms with Crippen molar-refractivity contribution in [3.63, 3.8) is 0 Å². The second kappa shape index (κ2) is 8.35. The Hall–Kier alpha value is -3.00. The van der Waals surface area contributed by atoms with Gasteiger partial charge in [0.1, 0.15) is 0 Å². The molecular formula is C20H24N6O2. The third-order valence-corrected chi connectivity index (χ3v) is 5.09. The van der Waals surface area contributed by atoms with Crippen molar-refractivity contribution in [1.82, 2.24) is 25.1 Å². The van der Waals surface area contributed by atoms with Gasteiger partial charge in [-0.1, -0.05) is 6.07 Å². The third-order valence-electron chi connectivity index (χ3n) is 5.09. The van der Waals surface area contributed by atoms with Crippen LogP contribution in [0.15, 0.2) is 36.5 Å². The Morgan fingerprint density at radius 1 is 1.36 bits per heavy atom. The summed E-state index contributed by atoms with van der Waals surface area (Å²) < 4.78 is 5.00. The maximum Gasteiger partial charge on any atom is 0.224 e. The van der Waals surface area contributed by atoms with E-state index in [2.05, 4.69) is 20.5 Å². The van der Waals surface area contributed by atoms with Crippen LogP contribution >= 0.6 is 0 Å². The topological polar surface area (TPSA) is 96.0 Å². The molecule has 28 heavy (non-hydrogen) atoms. The van der Waals surface area contributed by atoms with Crippen molar-refractivity contribution in [2.45, 2.75) is 25.3 Å². The summed E-state index contributed by atoms with van der Waals surface area (Å²) in [6.07, 6.45) is 3.14. The lowest BCUT2D eigenvalue weighted by Gasteiger charge is -2.16. The first-order valence-electron chi connectivity index (χ1n) is 9.50. The van der Waals surface area contributed by atoms with Crippen LogP contribution in [0.2, 0.25) is 0 Å².